The third kappa shape index (κ3) is 5.34. The van der Waals surface area contributed by atoms with Crippen molar-refractivity contribution in [2.45, 2.75) is 73.5 Å². The second kappa shape index (κ2) is 9.91. The molecule has 172 valence electrons. The van der Waals surface area contributed by atoms with Crippen LogP contribution in [0.15, 0.2) is 48.7 Å². The topological polar surface area (TPSA) is 3.88 Å². The Morgan fingerprint density at radius 3 is 1.91 bits per heavy atom. The smallest absolute Gasteiger partial charge is 0.200 e. The van der Waals surface area contributed by atoms with Crippen molar-refractivity contribution in [2.75, 3.05) is 0 Å². The molecule has 0 saturated carbocycles. The Kier molecular flexibility index (Phi) is 7.65. The largest absolute Gasteiger partial charge is 0.220 e. The zero-order chi connectivity index (χ0) is 23.6. The zero-order valence-corrected chi connectivity index (χ0v) is 22.9. The van der Waals surface area contributed by atoms with Crippen molar-refractivity contribution in [3.63, 3.8) is 0 Å². The van der Waals surface area contributed by atoms with E-state index in [1.165, 1.54) is 51.3 Å². The summed E-state index contributed by atoms with van der Waals surface area (Å²) >= 11 is 0. The van der Waals surface area contributed by atoms with Crippen molar-refractivity contribution in [1.82, 2.24) is 0 Å². The van der Waals surface area contributed by atoms with Crippen LogP contribution in [-0.2, 0) is 7.05 Å². The predicted octanol–water partition coefficient (Wildman–Crippen LogP) is 7.57. The highest BCUT2D eigenvalue weighted by Crippen LogP contribution is 2.34. The van der Waals surface area contributed by atoms with E-state index in [9.17, 15) is 0 Å². The standard InChI is InChI=1S/C30H44NSi/c1-21(2)18-32(19-22(3)4,20-23(5)6)27-12-13-28-26(17-27)14-15-31(9)30(28)29-16-24(7)10-11-25(29)8/h10-17,21-23H,18-20H2,1-9H3/q+1. The molecule has 0 aliphatic heterocycles. The number of hydrogen-bond donors (Lipinski definition) is 0. The highest BCUT2D eigenvalue weighted by Gasteiger charge is 2.37. The van der Waals surface area contributed by atoms with Crippen molar-refractivity contribution in [1.29, 1.82) is 0 Å². The normalized spacial score (nSPS) is 12.5. The number of aromatic nitrogens is 1. The summed E-state index contributed by atoms with van der Waals surface area (Å²) in [4.78, 5) is 0. The van der Waals surface area contributed by atoms with Crippen LogP contribution in [0.4, 0.5) is 0 Å². The summed E-state index contributed by atoms with van der Waals surface area (Å²) in [5.74, 6) is 2.23. The average molecular weight is 447 g/mol. The first kappa shape index (κ1) is 24.7. The number of pyridine rings is 1. The Morgan fingerprint density at radius 2 is 1.34 bits per heavy atom. The molecule has 0 spiro atoms. The Bertz CT molecular complexity index is 1050. The molecule has 1 heterocycles. The van der Waals surface area contributed by atoms with Gasteiger partial charge >= 0.3 is 0 Å². The van der Waals surface area contributed by atoms with Gasteiger partial charge in [0.25, 0.3) is 0 Å². The summed E-state index contributed by atoms with van der Waals surface area (Å²) < 4.78 is 2.30. The number of benzene rings is 2. The van der Waals surface area contributed by atoms with Crippen LogP contribution in [0.1, 0.15) is 52.7 Å². The molecule has 0 radical (unpaired) electrons. The van der Waals surface area contributed by atoms with Crippen molar-refractivity contribution >= 4 is 24.0 Å². The SMILES string of the molecule is Cc1ccc(C)c(-c2c3ccc([Si](CC(C)C)(CC(C)C)CC(C)C)cc3cc[n+]2C)c1. The Balaban J connectivity index is 2.24. The fraction of sp³-hybridized carbons (Fsp3) is 0.500. The number of nitrogens with zero attached hydrogens (tertiary/aromatic N) is 1. The van der Waals surface area contributed by atoms with Gasteiger partial charge in [0.1, 0.15) is 7.05 Å². The lowest BCUT2D eigenvalue weighted by molar-refractivity contribution is -0.659. The summed E-state index contributed by atoms with van der Waals surface area (Å²) in [6.45, 7) is 18.9. The van der Waals surface area contributed by atoms with E-state index in [4.69, 9.17) is 0 Å². The minimum absolute atomic E-state index is 0.744. The maximum Gasteiger partial charge on any atom is 0.220 e. The van der Waals surface area contributed by atoms with Gasteiger partial charge in [-0.2, -0.15) is 0 Å². The van der Waals surface area contributed by atoms with E-state index < -0.39 is 8.07 Å². The van der Waals surface area contributed by atoms with Gasteiger partial charge in [0.2, 0.25) is 5.69 Å². The molecule has 2 aromatic carbocycles. The van der Waals surface area contributed by atoms with E-state index in [-0.39, 0.29) is 0 Å². The number of aryl methyl sites for hydroxylation is 3. The molecular formula is C30H44NSi+. The number of rotatable bonds is 8. The van der Waals surface area contributed by atoms with Crippen LogP contribution in [0.25, 0.3) is 22.0 Å². The molecule has 3 rings (SSSR count). The minimum atomic E-state index is -1.62. The molecule has 0 bridgehead atoms. The van der Waals surface area contributed by atoms with Crippen LogP contribution < -0.4 is 9.75 Å². The van der Waals surface area contributed by atoms with Gasteiger partial charge in [0.05, 0.1) is 13.5 Å². The van der Waals surface area contributed by atoms with E-state index in [0.717, 1.165) is 17.8 Å². The van der Waals surface area contributed by atoms with Crippen LogP contribution in [0.2, 0.25) is 18.1 Å². The van der Waals surface area contributed by atoms with Crippen molar-refractivity contribution < 1.29 is 4.57 Å². The van der Waals surface area contributed by atoms with Gasteiger partial charge < -0.3 is 0 Å². The molecule has 0 unspecified atom stereocenters. The Labute approximate surface area is 197 Å². The fourth-order valence-corrected chi connectivity index (χ4v) is 12.8. The van der Waals surface area contributed by atoms with Crippen LogP contribution in [0, 0.1) is 31.6 Å². The van der Waals surface area contributed by atoms with Crippen molar-refractivity contribution in [2.24, 2.45) is 24.8 Å². The molecule has 0 N–H and O–H groups in total. The number of hydrogen-bond acceptors (Lipinski definition) is 0. The van der Waals surface area contributed by atoms with E-state index in [1.54, 1.807) is 5.19 Å². The van der Waals surface area contributed by atoms with Crippen LogP contribution in [-0.4, -0.2) is 8.07 Å². The van der Waals surface area contributed by atoms with Gasteiger partial charge in [-0.3, -0.25) is 0 Å². The molecule has 1 nitrogen and oxygen atoms in total. The predicted molar refractivity (Wildman–Crippen MR) is 144 cm³/mol. The molecule has 0 saturated heterocycles. The summed E-state index contributed by atoms with van der Waals surface area (Å²) in [6, 6.07) is 20.8. The van der Waals surface area contributed by atoms with Gasteiger partial charge in [-0.05, 0) is 54.7 Å². The van der Waals surface area contributed by atoms with E-state index in [1.807, 2.05) is 0 Å². The molecule has 32 heavy (non-hydrogen) atoms. The van der Waals surface area contributed by atoms with Gasteiger partial charge in [0, 0.05) is 11.6 Å². The highest BCUT2D eigenvalue weighted by atomic mass is 28.3. The van der Waals surface area contributed by atoms with Crippen LogP contribution in [0.3, 0.4) is 0 Å². The molecule has 3 aromatic rings. The van der Waals surface area contributed by atoms with Gasteiger partial charge in [-0.1, -0.05) is 94.7 Å². The maximum absolute atomic E-state index is 2.57. The second-order valence-corrected chi connectivity index (χ2v) is 15.8. The lowest BCUT2D eigenvalue weighted by Crippen LogP contribution is -2.50. The van der Waals surface area contributed by atoms with E-state index in [2.05, 4.69) is 116 Å². The zero-order valence-electron chi connectivity index (χ0n) is 21.9. The van der Waals surface area contributed by atoms with Crippen LogP contribution in [0.5, 0.6) is 0 Å². The average Bonchev–Trinajstić information content (AvgIpc) is 2.68. The lowest BCUT2D eigenvalue weighted by atomic mass is 9.98. The van der Waals surface area contributed by atoms with Gasteiger partial charge in [-0.15, -0.1) is 0 Å². The van der Waals surface area contributed by atoms with Crippen LogP contribution >= 0.6 is 0 Å². The first-order chi connectivity index (χ1) is 15.0. The summed E-state index contributed by atoms with van der Waals surface area (Å²) in [7, 11) is 0.565. The monoisotopic (exact) mass is 446 g/mol. The third-order valence-electron chi connectivity index (χ3n) is 6.79. The lowest BCUT2D eigenvalue weighted by Gasteiger charge is -2.37. The molecule has 0 aliphatic rings. The maximum atomic E-state index is 2.57. The van der Waals surface area contributed by atoms with Crippen molar-refractivity contribution in [3.8, 4) is 11.3 Å². The number of fused-ring (bicyclic) bond motifs is 1. The Hall–Kier alpha value is -1.93. The molecule has 0 amide bonds. The fourth-order valence-electron chi connectivity index (χ4n) is 5.98. The quantitative estimate of drug-likeness (QED) is 0.248. The molecule has 2 heteroatoms. The van der Waals surface area contributed by atoms with E-state index in [0.29, 0.717) is 0 Å². The Morgan fingerprint density at radius 1 is 0.750 bits per heavy atom. The molecule has 0 fully saturated rings. The molecule has 1 aromatic heterocycles. The summed E-state index contributed by atoms with van der Waals surface area (Å²) in [5, 5.41) is 4.43. The first-order valence-corrected chi connectivity index (χ1v) is 15.1. The third-order valence-corrected chi connectivity index (χ3v) is 13.1. The van der Waals surface area contributed by atoms with Gasteiger partial charge in [0.15, 0.2) is 6.20 Å². The summed E-state index contributed by atoms with van der Waals surface area (Å²) in [5.41, 5.74) is 5.34. The molecule has 0 aliphatic carbocycles. The van der Waals surface area contributed by atoms with Gasteiger partial charge in [-0.25, -0.2) is 4.57 Å². The van der Waals surface area contributed by atoms with E-state index >= 15 is 0 Å². The second-order valence-electron chi connectivity index (χ2n) is 11.5. The molecular weight excluding hydrogens is 402 g/mol. The first-order valence-electron chi connectivity index (χ1n) is 12.5. The minimum Gasteiger partial charge on any atom is -0.200 e. The van der Waals surface area contributed by atoms with Crippen molar-refractivity contribution in [3.05, 3.63) is 59.8 Å². The highest BCUT2D eigenvalue weighted by molar-refractivity contribution is 6.92. The summed E-state index contributed by atoms with van der Waals surface area (Å²) in [6.07, 6.45) is 2.25. The molecule has 0 atom stereocenters.